The van der Waals surface area contributed by atoms with Crippen molar-refractivity contribution in [2.75, 3.05) is 18.0 Å². The highest BCUT2D eigenvalue weighted by atomic mass is 35.5. The van der Waals surface area contributed by atoms with Crippen LogP contribution in [0.15, 0.2) is 18.2 Å². The SMILES string of the molecule is NCC(O)CN1C(=O)Cc2ccc(Cl)cc21. The first-order valence-corrected chi connectivity index (χ1v) is 5.46. The van der Waals surface area contributed by atoms with Crippen molar-refractivity contribution in [2.24, 2.45) is 5.73 Å². The summed E-state index contributed by atoms with van der Waals surface area (Å²) in [5, 5.41) is 10.1. The molecular weight excluding hydrogens is 228 g/mol. The standard InChI is InChI=1S/C11H13ClN2O2/c12-8-2-1-7-3-11(16)14(10(7)4-8)6-9(15)5-13/h1-2,4,9,15H,3,5-6,13H2. The highest BCUT2D eigenvalue weighted by molar-refractivity contribution is 6.31. The first kappa shape index (κ1) is 11.4. The lowest BCUT2D eigenvalue weighted by molar-refractivity contribution is -0.117. The van der Waals surface area contributed by atoms with E-state index in [9.17, 15) is 9.90 Å². The topological polar surface area (TPSA) is 66.6 Å². The number of fused-ring (bicyclic) bond motifs is 1. The van der Waals surface area contributed by atoms with Crippen LogP contribution in [0.4, 0.5) is 5.69 Å². The minimum absolute atomic E-state index is 0.0234. The van der Waals surface area contributed by atoms with Crippen molar-refractivity contribution in [3.05, 3.63) is 28.8 Å². The zero-order valence-corrected chi connectivity index (χ0v) is 9.44. The third-order valence-electron chi connectivity index (χ3n) is 2.65. The van der Waals surface area contributed by atoms with Gasteiger partial charge < -0.3 is 15.7 Å². The van der Waals surface area contributed by atoms with Crippen LogP contribution in [0.5, 0.6) is 0 Å². The summed E-state index contributed by atoms with van der Waals surface area (Å²) in [6.45, 7) is 0.363. The highest BCUT2D eigenvalue weighted by Crippen LogP contribution is 2.31. The molecule has 0 aromatic heterocycles. The molecule has 1 unspecified atom stereocenters. The van der Waals surface area contributed by atoms with Crippen LogP contribution < -0.4 is 10.6 Å². The Balaban J connectivity index is 2.28. The molecule has 1 aliphatic heterocycles. The maximum atomic E-state index is 11.7. The van der Waals surface area contributed by atoms with Gasteiger partial charge in [-0.15, -0.1) is 0 Å². The lowest BCUT2D eigenvalue weighted by Crippen LogP contribution is -2.38. The summed E-state index contributed by atoms with van der Waals surface area (Å²) in [6, 6.07) is 5.34. The minimum atomic E-state index is -0.700. The lowest BCUT2D eigenvalue weighted by Gasteiger charge is -2.20. The van der Waals surface area contributed by atoms with E-state index in [0.29, 0.717) is 11.4 Å². The fourth-order valence-electron chi connectivity index (χ4n) is 1.82. The van der Waals surface area contributed by atoms with Gasteiger partial charge in [-0.2, -0.15) is 0 Å². The van der Waals surface area contributed by atoms with Gasteiger partial charge in [-0.25, -0.2) is 0 Å². The Morgan fingerprint density at radius 3 is 3.00 bits per heavy atom. The average molecular weight is 241 g/mol. The average Bonchev–Trinajstić information content (AvgIpc) is 2.55. The molecule has 0 radical (unpaired) electrons. The predicted octanol–water partition coefficient (Wildman–Crippen LogP) is 0.549. The van der Waals surface area contributed by atoms with Crippen LogP contribution in [0.1, 0.15) is 5.56 Å². The number of benzene rings is 1. The summed E-state index contributed by atoms with van der Waals surface area (Å²) in [5.41, 5.74) is 7.06. The van der Waals surface area contributed by atoms with Crippen molar-refractivity contribution in [3.8, 4) is 0 Å². The monoisotopic (exact) mass is 240 g/mol. The van der Waals surface area contributed by atoms with E-state index in [-0.39, 0.29) is 19.0 Å². The Morgan fingerprint density at radius 2 is 2.31 bits per heavy atom. The van der Waals surface area contributed by atoms with Gasteiger partial charge in [-0.05, 0) is 17.7 Å². The van der Waals surface area contributed by atoms with Gasteiger partial charge in [0.2, 0.25) is 5.91 Å². The van der Waals surface area contributed by atoms with E-state index in [1.165, 1.54) is 0 Å². The Bertz CT molecular complexity index is 422. The number of hydrogen-bond acceptors (Lipinski definition) is 3. The molecule has 1 amide bonds. The zero-order chi connectivity index (χ0) is 11.7. The van der Waals surface area contributed by atoms with E-state index in [2.05, 4.69) is 0 Å². The molecular formula is C11H13ClN2O2. The van der Waals surface area contributed by atoms with Crippen molar-refractivity contribution in [2.45, 2.75) is 12.5 Å². The van der Waals surface area contributed by atoms with Gasteiger partial charge in [0.25, 0.3) is 0 Å². The van der Waals surface area contributed by atoms with Crippen LogP contribution in [-0.2, 0) is 11.2 Å². The molecule has 1 aromatic rings. The number of nitrogens with two attached hydrogens (primary N) is 1. The fraction of sp³-hybridized carbons (Fsp3) is 0.364. The fourth-order valence-corrected chi connectivity index (χ4v) is 1.98. The number of amides is 1. The number of β-amino-alcohol motifs (C(OH)–C–C–N with tert-alkyl or cyclic N) is 1. The summed E-state index contributed by atoms with van der Waals surface area (Å²) in [5.74, 6) is -0.0234. The molecule has 3 N–H and O–H groups in total. The van der Waals surface area contributed by atoms with Crippen LogP contribution in [0.2, 0.25) is 5.02 Å². The molecule has 0 spiro atoms. The number of hydrogen-bond donors (Lipinski definition) is 2. The smallest absolute Gasteiger partial charge is 0.231 e. The van der Waals surface area contributed by atoms with Crippen LogP contribution >= 0.6 is 11.6 Å². The molecule has 1 aromatic carbocycles. The second-order valence-electron chi connectivity index (χ2n) is 3.84. The summed E-state index contributed by atoms with van der Waals surface area (Å²) >= 11 is 5.88. The lowest BCUT2D eigenvalue weighted by atomic mass is 10.2. The molecule has 1 aliphatic rings. The van der Waals surface area contributed by atoms with Crippen molar-refractivity contribution in [1.29, 1.82) is 0 Å². The van der Waals surface area contributed by atoms with Crippen LogP contribution in [0.3, 0.4) is 0 Å². The largest absolute Gasteiger partial charge is 0.390 e. The van der Waals surface area contributed by atoms with Gasteiger partial charge in [0.15, 0.2) is 0 Å². The molecule has 2 rings (SSSR count). The molecule has 86 valence electrons. The Hall–Kier alpha value is -1.10. The van der Waals surface area contributed by atoms with E-state index >= 15 is 0 Å². The molecule has 0 saturated carbocycles. The molecule has 0 bridgehead atoms. The first-order chi connectivity index (χ1) is 7.61. The Kier molecular flexibility index (Phi) is 3.14. The highest BCUT2D eigenvalue weighted by Gasteiger charge is 2.28. The number of rotatable bonds is 3. The van der Waals surface area contributed by atoms with Gasteiger partial charge in [-0.3, -0.25) is 4.79 Å². The van der Waals surface area contributed by atoms with Gasteiger partial charge in [0, 0.05) is 17.3 Å². The van der Waals surface area contributed by atoms with Gasteiger partial charge in [0.1, 0.15) is 0 Å². The second-order valence-corrected chi connectivity index (χ2v) is 4.28. The molecule has 16 heavy (non-hydrogen) atoms. The summed E-state index contributed by atoms with van der Waals surface area (Å²) in [4.78, 5) is 13.3. The van der Waals surface area contributed by atoms with E-state index in [1.807, 2.05) is 6.07 Å². The Morgan fingerprint density at radius 1 is 1.56 bits per heavy atom. The van der Waals surface area contributed by atoms with Crippen LogP contribution in [0.25, 0.3) is 0 Å². The molecule has 0 fully saturated rings. The number of nitrogens with zero attached hydrogens (tertiary/aromatic N) is 1. The second kappa shape index (κ2) is 4.41. The summed E-state index contributed by atoms with van der Waals surface area (Å²) in [6.07, 6.45) is -0.335. The van der Waals surface area contributed by atoms with Crippen molar-refractivity contribution < 1.29 is 9.90 Å². The van der Waals surface area contributed by atoms with Gasteiger partial charge >= 0.3 is 0 Å². The third-order valence-corrected chi connectivity index (χ3v) is 2.88. The summed E-state index contributed by atoms with van der Waals surface area (Å²) < 4.78 is 0. The predicted molar refractivity (Wildman–Crippen MR) is 62.6 cm³/mol. The number of anilines is 1. The maximum Gasteiger partial charge on any atom is 0.231 e. The van der Waals surface area contributed by atoms with E-state index in [1.54, 1.807) is 17.0 Å². The minimum Gasteiger partial charge on any atom is -0.390 e. The normalized spacial score (nSPS) is 16.4. The zero-order valence-electron chi connectivity index (χ0n) is 8.69. The van der Waals surface area contributed by atoms with Crippen molar-refractivity contribution in [3.63, 3.8) is 0 Å². The van der Waals surface area contributed by atoms with Gasteiger partial charge in [0.05, 0.1) is 19.1 Å². The maximum absolute atomic E-state index is 11.7. The van der Waals surface area contributed by atoms with Crippen LogP contribution in [0, 0.1) is 0 Å². The summed E-state index contributed by atoms with van der Waals surface area (Å²) in [7, 11) is 0. The van der Waals surface area contributed by atoms with E-state index < -0.39 is 6.10 Å². The van der Waals surface area contributed by atoms with Gasteiger partial charge in [-0.1, -0.05) is 17.7 Å². The molecule has 4 nitrogen and oxygen atoms in total. The van der Waals surface area contributed by atoms with Crippen LogP contribution in [-0.4, -0.2) is 30.2 Å². The quantitative estimate of drug-likeness (QED) is 0.811. The number of aliphatic hydroxyl groups excluding tert-OH is 1. The van der Waals surface area contributed by atoms with Crippen molar-refractivity contribution in [1.82, 2.24) is 0 Å². The number of carbonyl (C=O) groups excluding carboxylic acids is 1. The third kappa shape index (κ3) is 2.04. The molecule has 5 heteroatoms. The van der Waals surface area contributed by atoms with E-state index in [0.717, 1.165) is 11.3 Å². The number of aliphatic hydroxyl groups is 1. The number of carbonyl (C=O) groups is 1. The van der Waals surface area contributed by atoms with E-state index in [4.69, 9.17) is 17.3 Å². The first-order valence-electron chi connectivity index (χ1n) is 5.08. The molecule has 0 saturated heterocycles. The molecule has 1 atom stereocenters. The van der Waals surface area contributed by atoms with Crippen molar-refractivity contribution >= 4 is 23.2 Å². The molecule has 0 aliphatic carbocycles. The molecule has 1 heterocycles. The Labute approximate surface area is 98.6 Å². The number of halogens is 1.